The fraction of sp³-hybridized carbons (Fsp3) is 0.333. The summed E-state index contributed by atoms with van der Waals surface area (Å²) in [6.45, 7) is 3.18. The minimum Gasteiger partial charge on any atom is -0.450 e. The Labute approximate surface area is 110 Å². The third-order valence-corrected chi connectivity index (χ3v) is 2.41. The molecule has 2 heterocycles. The van der Waals surface area contributed by atoms with E-state index in [2.05, 4.69) is 20.3 Å². The van der Waals surface area contributed by atoms with E-state index in [0.717, 1.165) is 5.82 Å². The largest absolute Gasteiger partial charge is 0.450 e. The van der Waals surface area contributed by atoms with Crippen molar-refractivity contribution < 1.29 is 9.53 Å². The van der Waals surface area contributed by atoms with Crippen molar-refractivity contribution in [3.8, 4) is 11.5 Å². The number of nitrogens with one attached hydrogen (secondary N) is 1. The Bertz CT molecular complexity index is 526. The Morgan fingerprint density at radius 2 is 2.26 bits per heavy atom. The number of rotatable bonds is 5. The van der Waals surface area contributed by atoms with E-state index < -0.39 is 6.09 Å². The van der Waals surface area contributed by atoms with E-state index in [0.29, 0.717) is 25.4 Å². The lowest BCUT2D eigenvalue weighted by Crippen LogP contribution is -2.27. The molecule has 0 spiro atoms. The average Bonchev–Trinajstić information content (AvgIpc) is 2.88. The lowest BCUT2D eigenvalue weighted by atomic mass is 10.4. The summed E-state index contributed by atoms with van der Waals surface area (Å²) in [6.07, 6.45) is 7.98. The molecule has 0 radical (unpaired) electrons. The highest BCUT2D eigenvalue weighted by Crippen LogP contribution is 2.12. The van der Waals surface area contributed by atoms with Gasteiger partial charge in [-0.1, -0.05) is 0 Å². The highest BCUT2D eigenvalue weighted by atomic mass is 16.5. The van der Waals surface area contributed by atoms with Gasteiger partial charge in [0.25, 0.3) is 0 Å². The highest BCUT2D eigenvalue weighted by Gasteiger charge is 2.07. The minimum atomic E-state index is -0.413. The van der Waals surface area contributed by atoms with Crippen molar-refractivity contribution in [1.29, 1.82) is 0 Å². The first-order valence-electron chi connectivity index (χ1n) is 5.99. The van der Waals surface area contributed by atoms with Crippen LogP contribution in [0.2, 0.25) is 0 Å². The summed E-state index contributed by atoms with van der Waals surface area (Å²) < 4.78 is 6.68. The van der Waals surface area contributed by atoms with Gasteiger partial charge in [-0.3, -0.25) is 4.98 Å². The van der Waals surface area contributed by atoms with Gasteiger partial charge >= 0.3 is 6.09 Å². The molecule has 100 valence electrons. The normalized spacial score (nSPS) is 10.2. The van der Waals surface area contributed by atoms with Gasteiger partial charge in [-0.2, -0.15) is 0 Å². The number of alkyl carbamates (subject to hydrolysis) is 1. The summed E-state index contributed by atoms with van der Waals surface area (Å²) in [5.41, 5.74) is 0.698. The molecule has 7 heteroatoms. The molecular weight excluding hydrogens is 246 g/mol. The van der Waals surface area contributed by atoms with E-state index >= 15 is 0 Å². The molecule has 0 aliphatic carbocycles. The van der Waals surface area contributed by atoms with Crippen molar-refractivity contribution in [2.75, 3.05) is 13.2 Å². The molecule has 0 aliphatic rings. The van der Waals surface area contributed by atoms with Crippen molar-refractivity contribution in [2.45, 2.75) is 13.5 Å². The van der Waals surface area contributed by atoms with Crippen LogP contribution in [0.5, 0.6) is 0 Å². The Kier molecular flexibility index (Phi) is 4.44. The molecule has 2 aromatic heterocycles. The van der Waals surface area contributed by atoms with Crippen LogP contribution >= 0.6 is 0 Å². The lowest BCUT2D eigenvalue weighted by Gasteiger charge is -2.08. The number of imidazole rings is 1. The molecule has 19 heavy (non-hydrogen) atoms. The quantitative estimate of drug-likeness (QED) is 0.871. The number of aromatic nitrogens is 4. The van der Waals surface area contributed by atoms with E-state index in [1.807, 2.05) is 10.8 Å². The van der Waals surface area contributed by atoms with Crippen molar-refractivity contribution in [3.63, 3.8) is 0 Å². The van der Waals surface area contributed by atoms with Crippen LogP contribution in [0.3, 0.4) is 0 Å². The molecule has 0 fully saturated rings. The predicted molar refractivity (Wildman–Crippen MR) is 68.3 cm³/mol. The number of hydrogen-bond donors (Lipinski definition) is 1. The number of carbonyl (C=O) groups excluding carboxylic acids is 1. The van der Waals surface area contributed by atoms with Crippen LogP contribution in [0, 0.1) is 0 Å². The smallest absolute Gasteiger partial charge is 0.407 e. The van der Waals surface area contributed by atoms with Gasteiger partial charge in [-0.05, 0) is 6.92 Å². The van der Waals surface area contributed by atoms with E-state index in [-0.39, 0.29) is 0 Å². The van der Waals surface area contributed by atoms with Gasteiger partial charge in [-0.25, -0.2) is 14.8 Å². The Morgan fingerprint density at radius 1 is 1.37 bits per heavy atom. The first-order valence-corrected chi connectivity index (χ1v) is 5.99. The molecule has 0 saturated heterocycles. The Morgan fingerprint density at radius 3 is 3.00 bits per heavy atom. The third-order valence-electron chi connectivity index (χ3n) is 2.41. The van der Waals surface area contributed by atoms with Gasteiger partial charge in [0.15, 0.2) is 5.82 Å². The fourth-order valence-corrected chi connectivity index (χ4v) is 1.60. The maximum Gasteiger partial charge on any atom is 0.407 e. The zero-order chi connectivity index (χ0) is 13.5. The molecule has 1 N–H and O–H groups in total. The van der Waals surface area contributed by atoms with Crippen molar-refractivity contribution >= 4 is 6.09 Å². The first kappa shape index (κ1) is 13.0. The molecule has 7 nitrogen and oxygen atoms in total. The molecule has 0 aromatic carbocycles. The second-order valence-electron chi connectivity index (χ2n) is 3.68. The fourth-order valence-electron chi connectivity index (χ4n) is 1.60. The van der Waals surface area contributed by atoms with Crippen LogP contribution in [-0.2, 0) is 11.3 Å². The van der Waals surface area contributed by atoms with Crippen molar-refractivity contribution in [1.82, 2.24) is 24.8 Å². The van der Waals surface area contributed by atoms with Crippen LogP contribution in [0.15, 0.2) is 31.0 Å². The van der Waals surface area contributed by atoms with Gasteiger partial charge in [0.2, 0.25) is 0 Å². The molecule has 2 aromatic rings. The maximum atomic E-state index is 11.1. The molecule has 2 rings (SSSR count). The predicted octanol–water partition coefficient (Wildman–Crippen LogP) is 1.09. The Balaban J connectivity index is 1.95. The van der Waals surface area contributed by atoms with E-state index in [1.165, 1.54) is 0 Å². The summed E-state index contributed by atoms with van der Waals surface area (Å²) in [6, 6.07) is 0. The van der Waals surface area contributed by atoms with Crippen LogP contribution in [-0.4, -0.2) is 38.8 Å². The van der Waals surface area contributed by atoms with Gasteiger partial charge in [0.1, 0.15) is 5.69 Å². The van der Waals surface area contributed by atoms with Gasteiger partial charge in [0, 0.05) is 37.9 Å². The standard InChI is InChI=1S/C12H15N5O2/c1-2-19-12(18)16-6-8-17-7-5-15-11(17)10-9-13-3-4-14-10/h3-5,7,9H,2,6,8H2,1H3,(H,16,18). The van der Waals surface area contributed by atoms with Crippen LogP contribution in [0.1, 0.15) is 6.92 Å². The lowest BCUT2D eigenvalue weighted by molar-refractivity contribution is 0.152. The monoisotopic (exact) mass is 261 g/mol. The van der Waals surface area contributed by atoms with Crippen LogP contribution in [0.4, 0.5) is 4.79 Å². The molecule has 0 bridgehead atoms. The summed E-state index contributed by atoms with van der Waals surface area (Å²) >= 11 is 0. The van der Waals surface area contributed by atoms with Crippen LogP contribution < -0.4 is 5.32 Å². The second kappa shape index (κ2) is 6.48. The number of hydrogen-bond acceptors (Lipinski definition) is 5. The second-order valence-corrected chi connectivity index (χ2v) is 3.68. The van der Waals surface area contributed by atoms with Gasteiger partial charge < -0.3 is 14.6 Å². The molecule has 0 saturated carbocycles. The number of nitrogens with zero attached hydrogens (tertiary/aromatic N) is 4. The third kappa shape index (κ3) is 3.51. The molecule has 1 amide bonds. The van der Waals surface area contributed by atoms with E-state index in [4.69, 9.17) is 4.74 Å². The average molecular weight is 261 g/mol. The number of carbonyl (C=O) groups is 1. The maximum absolute atomic E-state index is 11.1. The number of ether oxygens (including phenoxy) is 1. The summed E-state index contributed by atoms with van der Waals surface area (Å²) in [7, 11) is 0. The van der Waals surface area contributed by atoms with Gasteiger partial charge in [0.05, 0.1) is 12.8 Å². The first-order chi connectivity index (χ1) is 9.31. The SMILES string of the molecule is CCOC(=O)NCCn1ccnc1-c1cnccn1. The summed E-state index contributed by atoms with van der Waals surface area (Å²) in [5, 5.41) is 2.65. The van der Waals surface area contributed by atoms with E-state index in [9.17, 15) is 4.79 Å². The van der Waals surface area contributed by atoms with E-state index in [1.54, 1.807) is 31.7 Å². The zero-order valence-electron chi connectivity index (χ0n) is 10.6. The topological polar surface area (TPSA) is 81.9 Å². The highest BCUT2D eigenvalue weighted by molar-refractivity contribution is 5.66. The summed E-state index contributed by atoms with van der Waals surface area (Å²) in [5.74, 6) is 0.721. The van der Waals surface area contributed by atoms with Crippen molar-refractivity contribution in [3.05, 3.63) is 31.0 Å². The molecule has 0 atom stereocenters. The molecular formula is C12H15N5O2. The zero-order valence-corrected chi connectivity index (χ0v) is 10.6. The van der Waals surface area contributed by atoms with Crippen LogP contribution in [0.25, 0.3) is 11.5 Å². The summed E-state index contributed by atoms with van der Waals surface area (Å²) in [4.78, 5) is 23.6. The molecule has 0 unspecified atom stereocenters. The number of amides is 1. The van der Waals surface area contributed by atoms with Crippen molar-refractivity contribution in [2.24, 2.45) is 0 Å². The molecule has 0 aliphatic heterocycles. The minimum absolute atomic E-state index is 0.363. The Hall–Kier alpha value is -2.44. The van der Waals surface area contributed by atoms with Gasteiger partial charge in [-0.15, -0.1) is 0 Å².